The van der Waals surface area contributed by atoms with Crippen molar-refractivity contribution in [2.75, 3.05) is 6.54 Å². The van der Waals surface area contributed by atoms with Gasteiger partial charge in [-0.15, -0.1) is 6.42 Å². The van der Waals surface area contributed by atoms with E-state index in [1.165, 1.54) is 4.90 Å². The monoisotopic (exact) mass is 676 g/mol. The maximum atomic E-state index is 14.5. The van der Waals surface area contributed by atoms with E-state index in [2.05, 4.69) is 16.6 Å². The topological polar surface area (TPSA) is 157 Å². The van der Waals surface area contributed by atoms with Crippen LogP contribution in [-0.2, 0) is 35.1 Å². The lowest BCUT2D eigenvalue weighted by Gasteiger charge is -2.35. The quantitative estimate of drug-likeness (QED) is 0.129. The Labute approximate surface area is 290 Å². The van der Waals surface area contributed by atoms with E-state index in [1.807, 2.05) is 37.3 Å². The first-order valence-electron chi connectivity index (χ1n) is 16.7. The van der Waals surface area contributed by atoms with Crippen molar-refractivity contribution >= 4 is 29.8 Å². The molecule has 266 valence electrons. The zero-order valence-electron chi connectivity index (χ0n) is 29.8. The highest BCUT2D eigenvalue weighted by atomic mass is 16.6. The first-order chi connectivity index (χ1) is 22.9. The molecule has 0 bridgehead atoms. The van der Waals surface area contributed by atoms with E-state index in [1.54, 1.807) is 65.8 Å². The number of nitrogens with one attached hydrogen (secondary N) is 2. The van der Waals surface area contributed by atoms with Crippen LogP contribution in [0.3, 0.4) is 0 Å². The van der Waals surface area contributed by atoms with Gasteiger partial charge in [-0.2, -0.15) is 0 Å². The lowest BCUT2D eigenvalue weighted by Crippen LogP contribution is -2.55. The summed E-state index contributed by atoms with van der Waals surface area (Å²) in [7, 11) is 0. The average molecular weight is 677 g/mol. The minimum absolute atomic E-state index is 0.126. The Morgan fingerprint density at radius 2 is 1.47 bits per heavy atom. The van der Waals surface area contributed by atoms with Crippen LogP contribution >= 0.6 is 0 Å². The summed E-state index contributed by atoms with van der Waals surface area (Å²) in [4.78, 5) is 68.6. The van der Waals surface area contributed by atoms with Crippen LogP contribution < -0.4 is 16.4 Å². The van der Waals surface area contributed by atoms with Gasteiger partial charge in [0.05, 0.1) is 0 Å². The van der Waals surface area contributed by atoms with Gasteiger partial charge in [0.15, 0.2) is 0 Å². The van der Waals surface area contributed by atoms with E-state index in [4.69, 9.17) is 21.6 Å². The summed E-state index contributed by atoms with van der Waals surface area (Å²) >= 11 is 0. The van der Waals surface area contributed by atoms with Crippen LogP contribution in [0.1, 0.15) is 103 Å². The van der Waals surface area contributed by atoms with Crippen LogP contribution in [0.4, 0.5) is 4.79 Å². The van der Waals surface area contributed by atoms with Gasteiger partial charge in [0.1, 0.15) is 29.3 Å². The molecule has 49 heavy (non-hydrogen) atoms. The van der Waals surface area contributed by atoms with Crippen LogP contribution in [0.15, 0.2) is 54.6 Å². The Kier molecular flexibility index (Phi) is 15.3. The number of amides is 4. The second-order valence-corrected chi connectivity index (χ2v) is 13.9. The molecule has 0 spiro atoms. The second-order valence-electron chi connectivity index (χ2n) is 13.9. The number of ether oxygens (including phenoxy) is 2. The Balaban J connectivity index is 2.66. The molecule has 2 rings (SSSR count). The van der Waals surface area contributed by atoms with Gasteiger partial charge < -0.3 is 30.7 Å². The van der Waals surface area contributed by atoms with Gasteiger partial charge in [0.2, 0.25) is 17.7 Å². The van der Waals surface area contributed by atoms with E-state index < -0.39 is 59.1 Å². The highest BCUT2D eigenvalue weighted by Crippen LogP contribution is 2.26. The zero-order chi connectivity index (χ0) is 36.8. The molecule has 4 N–H and O–H groups in total. The number of hydrogen-bond acceptors (Lipinski definition) is 7. The van der Waals surface area contributed by atoms with Crippen molar-refractivity contribution in [2.24, 2.45) is 5.73 Å². The molecule has 3 atom stereocenters. The highest BCUT2D eigenvalue weighted by Gasteiger charge is 2.38. The molecule has 11 nitrogen and oxygen atoms in total. The molecule has 0 heterocycles. The molecule has 0 aliphatic heterocycles. The summed E-state index contributed by atoms with van der Waals surface area (Å²) in [5, 5.41) is 5.46. The summed E-state index contributed by atoms with van der Waals surface area (Å²) in [6.07, 6.45) is 6.64. The fraction of sp³-hybridized carbons (Fsp3) is 0.500. The molecule has 2 aromatic rings. The van der Waals surface area contributed by atoms with Gasteiger partial charge in [0.25, 0.3) is 0 Å². The minimum Gasteiger partial charge on any atom is -0.458 e. The van der Waals surface area contributed by atoms with Gasteiger partial charge in [-0.3, -0.25) is 14.4 Å². The van der Waals surface area contributed by atoms with Gasteiger partial charge in [-0.05, 0) is 77.6 Å². The molecule has 0 radical (unpaired) electrons. The molecule has 4 amide bonds. The predicted octanol–water partition coefficient (Wildman–Crippen LogP) is 4.96. The van der Waals surface area contributed by atoms with Gasteiger partial charge >= 0.3 is 12.1 Å². The third-order valence-electron chi connectivity index (χ3n) is 7.20. The fourth-order valence-electron chi connectivity index (χ4n) is 4.99. The maximum Gasteiger partial charge on any atom is 0.408 e. The largest absolute Gasteiger partial charge is 0.458 e. The SMILES string of the molecule is C#Cc1ccc(C(C(=O)NC(Cc2ccccc2)C(=O)OC(C)(C)C)N(CCCCC)C(=O)C(CCC(N)=O)NC(=O)OC(C)(C)C)cc1. The number of esters is 1. The predicted molar refractivity (Wildman–Crippen MR) is 188 cm³/mol. The summed E-state index contributed by atoms with van der Waals surface area (Å²) in [6, 6.07) is 12.2. The van der Waals surface area contributed by atoms with Crippen molar-refractivity contribution in [3.8, 4) is 12.3 Å². The van der Waals surface area contributed by atoms with Gasteiger partial charge in [-0.1, -0.05) is 68.2 Å². The Morgan fingerprint density at radius 1 is 0.857 bits per heavy atom. The Hall–Kier alpha value is -4.85. The van der Waals surface area contributed by atoms with Crippen molar-refractivity contribution in [2.45, 2.75) is 116 Å². The molecule has 0 aliphatic carbocycles. The molecule has 0 fully saturated rings. The molecule has 11 heteroatoms. The number of alkyl carbamates (subject to hydrolysis) is 1. The number of carbonyl (C=O) groups excluding carboxylic acids is 5. The average Bonchev–Trinajstić information content (AvgIpc) is 3.01. The number of primary amides is 1. The molecule has 3 unspecified atom stereocenters. The van der Waals surface area contributed by atoms with Crippen LogP contribution in [0.5, 0.6) is 0 Å². The number of carbonyl (C=O) groups is 5. The Morgan fingerprint density at radius 3 is 2.00 bits per heavy atom. The fourth-order valence-corrected chi connectivity index (χ4v) is 4.99. The van der Waals surface area contributed by atoms with Crippen LogP contribution in [-0.4, -0.2) is 64.5 Å². The summed E-state index contributed by atoms with van der Waals surface area (Å²) in [5.41, 5.74) is 5.52. The molecule has 0 aromatic heterocycles. The van der Waals surface area contributed by atoms with Crippen molar-refractivity contribution in [3.63, 3.8) is 0 Å². The van der Waals surface area contributed by atoms with Crippen molar-refractivity contribution in [1.82, 2.24) is 15.5 Å². The van der Waals surface area contributed by atoms with Crippen molar-refractivity contribution in [1.29, 1.82) is 0 Å². The smallest absolute Gasteiger partial charge is 0.408 e. The number of nitrogens with two attached hydrogens (primary N) is 1. The Bertz CT molecular complexity index is 1450. The van der Waals surface area contributed by atoms with Crippen LogP contribution in [0, 0.1) is 12.3 Å². The van der Waals surface area contributed by atoms with Crippen molar-refractivity contribution in [3.05, 3.63) is 71.3 Å². The van der Waals surface area contributed by atoms with E-state index in [-0.39, 0.29) is 25.8 Å². The maximum absolute atomic E-state index is 14.5. The standard InChI is InChI=1S/C38H52N4O7/c1-9-11-15-24-42(34(45)29(22-23-31(39)43)41-36(47)49-38(6,7)8)32(28-20-18-26(10-2)19-21-28)33(44)40-30(35(46)48-37(3,4)5)25-27-16-13-12-14-17-27/h2,12-14,16-21,29-30,32H,9,11,15,22-25H2,1,3-8H3,(H2,39,43)(H,40,44)(H,41,47). The van der Waals surface area contributed by atoms with Crippen LogP contribution in [0.25, 0.3) is 0 Å². The number of hydrogen-bond donors (Lipinski definition) is 3. The lowest BCUT2D eigenvalue weighted by atomic mass is 9.98. The molecular weight excluding hydrogens is 624 g/mol. The first kappa shape index (κ1) is 40.3. The summed E-state index contributed by atoms with van der Waals surface area (Å²) < 4.78 is 11.1. The third kappa shape index (κ3) is 14.4. The molecule has 0 aliphatic rings. The van der Waals surface area contributed by atoms with Crippen LogP contribution in [0.2, 0.25) is 0 Å². The summed E-state index contributed by atoms with van der Waals surface area (Å²) in [6.45, 7) is 12.4. The highest BCUT2D eigenvalue weighted by molar-refractivity contribution is 5.94. The molecule has 2 aromatic carbocycles. The normalized spacial score (nSPS) is 13.2. The third-order valence-corrected chi connectivity index (χ3v) is 7.20. The first-order valence-corrected chi connectivity index (χ1v) is 16.7. The van der Waals surface area contributed by atoms with Crippen molar-refractivity contribution < 1.29 is 33.4 Å². The number of benzene rings is 2. The van der Waals surface area contributed by atoms with E-state index in [0.29, 0.717) is 17.5 Å². The number of unbranched alkanes of at least 4 members (excludes halogenated alkanes) is 2. The minimum atomic E-state index is -1.26. The zero-order valence-corrected chi connectivity index (χ0v) is 29.8. The molecule has 0 saturated carbocycles. The lowest BCUT2D eigenvalue weighted by molar-refractivity contribution is -0.159. The van der Waals surface area contributed by atoms with E-state index >= 15 is 0 Å². The summed E-state index contributed by atoms with van der Waals surface area (Å²) in [5.74, 6) is -0.0190. The molecular formula is C38H52N4O7. The number of terminal acetylenes is 1. The van der Waals surface area contributed by atoms with Gasteiger partial charge in [-0.25, -0.2) is 9.59 Å². The number of rotatable bonds is 16. The second kappa shape index (κ2) is 18.6. The van der Waals surface area contributed by atoms with E-state index in [0.717, 1.165) is 18.4 Å². The van der Waals surface area contributed by atoms with E-state index in [9.17, 15) is 24.0 Å². The molecule has 0 saturated heterocycles. The number of nitrogens with zero attached hydrogens (tertiary/aromatic N) is 1. The van der Waals surface area contributed by atoms with Gasteiger partial charge in [0, 0.05) is 24.9 Å².